The Kier molecular flexibility index (Phi) is 3.54. The van der Waals surface area contributed by atoms with Crippen LogP contribution in [0.15, 0.2) is 12.4 Å². The van der Waals surface area contributed by atoms with Crippen LogP contribution in [0.1, 0.15) is 32.1 Å². The standard InChI is InChI=1S/C12H18N6S/c1-19-12(5-3-2-4-6-12)9-14-10-7-13-8-11-15-16-17-18(10)11/h7-8,14H,2-6,9H2,1H3. The van der Waals surface area contributed by atoms with E-state index in [1.165, 1.54) is 32.1 Å². The highest BCUT2D eigenvalue weighted by Gasteiger charge is 2.31. The van der Waals surface area contributed by atoms with Crippen LogP contribution in [0.3, 0.4) is 0 Å². The Bertz CT molecular complexity index is 548. The second-order valence-corrected chi connectivity index (χ2v) is 6.32. The average Bonchev–Trinajstić information content (AvgIpc) is 2.95. The Morgan fingerprint density at radius 2 is 2.16 bits per heavy atom. The number of anilines is 1. The fourth-order valence-corrected chi connectivity index (χ4v) is 3.61. The quantitative estimate of drug-likeness (QED) is 0.922. The Morgan fingerprint density at radius 1 is 1.32 bits per heavy atom. The molecule has 1 saturated carbocycles. The van der Waals surface area contributed by atoms with Crippen molar-refractivity contribution >= 4 is 23.2 Å². The van der Waals surface area contributed by atoms with E-state index in [0.29, 0.717) is 10.4 Å². The number of hydrogen-bond acceptors (Lipinski definition) is 6. The molecule has 1 fully saturated rings. The number of tetrazole rings is 1. The highest BCUT2D eigenvalue weighted by atomic mass is 32.2. The van der Waals surface area contributed by atoms with Crippen molar-refractivity contribution in [2.24, 2.45) is 0 Å². The minimum Gasteiger partial charge on any atom is -0.367 e. The maximum Gasteiger partial charge on any atom is 0.199 e. The maximum absolute atomic E-state index is 4.16. The molecule has 0 atom stereocenters. The van der Waals surface area contributed by atoms with Gasteiger partial charge in [-0.25, -0.2) is 0 Å². The molecule has 0 aliphatic heterocycles. The van der Waals surface area contributed by atoms with E-state index in [2.05, 4.69) is 32.1 Å². The molecule has 6 nitrogen and oxygen atoms in total. The second-order valence-electron chi connectivity index (χ2n) is 5.04. The summed E-state index contributed by atoms with van der Waals surface area (Å²) in [5, 5.41) is 15.0. The summed E-state index contributed by atoms with van der Waals surface area (Å²) in [5.74, 6) is 0.862. The molecule has 0 amide bonds. The van der Waals surface area contributed by atoms with Crippen molar-refractivity contribution in [3.63, 3.8) is 0 Å². The van der Waals surface area contributed by atoms with Crippen LogP contribution >= 0.6 is 11.8 Å². The number of fused-ring (bicyclic) bond motifs is 1. The van der Waals surface area contributed by atoms with Gasteiger partial charge in [0.1, 0.15) is 5.82 Å². The van der Waals surface area contributed by atoms with Gasteiger partial charge in [0.05, 0.1) is 12.4 Å². The van der Waals surface area contributed by atoms with Gasteiger partial charge in [-0.3, -0.25) is 4.98 Å². The molecule has 1 aliphatic rings. The molecule has 0 unspecified atom stereocenters. The van der Waals surface area contributed by atoms with E-state index in [0.717, 1.165) is 12.4 Å². The summed E-state index contributed by atoms with van der Waals surface area (Å²) in [4.78, 5) is 4.16. The van der Waals surface area contributed by atoms with E-state index in [-0.39, 0.29) is 0 Å². The van der Waals surface area contributed by atoms with Crippen LogP contribution in [0.4, 0.5) is 5.82 Å². The van der Waals surface area contributed by atoms with E-state index in [4.69, 9.17) is 0 Å². The largest absolute Gasteiger partial charge is 0.367 e. The summed E-state index contributed by atoms with van der Waals surface area (Å²) < 4.78 is 2.04. The first-order chi connectivity index (χ1) is 9.33. The van der Waals surface area contributed by atoms with Crippen LogP contribution in [0.2, 0.25) is 0 Å². The van der Waals surface area contributed by atoms with Crippen molar-refractivity contribution < 1.29 is 0 Å². The van der Waals surface area contributed by atoms with Crippen molar-refractivity contribution in [3.8, 4) is 0 Å². The minimum atomic E-state index is 0.342. The van der Waals surface area contributed by atoms with Gasteiger partial charge in [0.2, 0.25) is 0 Å². The lowest BCUT2D eigenvalue weighted by Crippen LogP contribution is -2.36. The highest BCUT2D eigenvalue weighted by molar-refractivity contribution is 8.00. The van der Waals surface area contributed by atoms with E-state index < -0.39 is 0 Å². The molecule has 0 saturated heterocycles. The van der Waals surface area contributed by atoms with Crippen LogP contribution < -0.4 is 5.32 Å². The molecule has 0 spiro atoms. The third-order valence-corrected chi connectivity index (χ3v) is 5.32. The summed E-state index contributed by atoms with van der Waals surface area (Å²) in [6.07, 6.45) is 12.2. The van der Waals surface area contributed by atoms with Gasteiger partial charge in [0.25, 0.3) is 0 Å². The third-order valence-electron chi connectivity index (χ3n) is 3.90. The van der Waals surface area contributed by atoms with Gasteiger partial charge in [-0.2, -0.15) is 16.3 Å². The second kappa shape index (κ2) is 5.32. The Balaban J connectivity index is 1.76. The van der Waals surface area contributed by atoms with Gasteiger partial charge < -0.3 is 5.32 Å². The first-order valence-electron chi connectivity index (χ1n) is 6.64. The van der Waals surface area contributed by atoms with Gasteiger partial charge in [-0.05, 0) is 29.5 Å². The molecule has 7 heteroatoms. The number of rotatable bonds is 4. The monoisotopic (exact) mass is 278 g/mol. The Morgan fingerprint density at radius 3 is 2.95 bits per heavy atom. The average molecular weight is 278 g/mol. The van der Waals surface area contributed by atoms with Gasteiger partial charge >= 0.3 is 0 Å². The molecule has 1 N–H and O–H groups in total. The van der Waals surface area contributed by atoms with Gasteiger partial charge in [0, 0.05) is 11.3 Å². The predicted molar refractivity (Wildman–Crippen MR) is 76.4 cm³/mol. The zero-order valence-electron chi connectivity index (χ0n) is 11.0. The van der Waals surface area contributed by atoms with Crippen LogP contribution in [0.5, 0.6) is 0 Å². The normalized spacial score (nSPS) is 18.6. The fourth-order valence-electron chi connectivity index (χ4n) is 2.70. The molecular weight excluding hydrogens is 260 g/mol. The van der Waals surface area contributed by atoms with E-state index in [9.17, 15) is 0 Å². The maximum atomic E-state index is 4.16. The molecule has 0 radical (unpaired) electrons. The molecule has 0 bridgehead atoms. The first kappa shape index (κ1) is 12.7. The zero-order valence-corrected chi connectivity index (χ0v) is 11.9. The lowest BCUT2D eigenvalue weighted by Gasteiger charge is -2.36. The molecule has 102 valence electrons. The van der Waals surface area contributed by atoms with Gasteiger partial charge in [-0.15, -0.1) is 5.10 Å². The smallest absolute Gasteiger partial charge is 0.199 e. The fraction of sp³-hybridized carbons (Fsp3) is 0.667. The molecule has 2 aromatic rings. The van der Waals surface area contributed by atoms with Crippen molar-refractivity contribution in [2.75, 3.05) is 18.1 Å². The molecule has 0 aromatic carbocycles. The van der Waals surface area contributed by atoms with Gasteiger partial charge in [0.15, 0.2) is 5.65 Å². The lowest BCUT2D eigenvalue weighted by molar-refractivity contribution is 0.411. The molecule has 2 heterocycles. The summed E-state index contributed by atoms with van der Waals surface area (Å²) in [5.41, 5.74) is 0.673. The van der Waals surface area contributed by atoms with Crippen LogP contribution in [-0.4, -0.2) is 42.6 Å². The zero-order chi connectivity index (χ0) is 13.1. The third kappa shape index (κ3) is 2.51. The van der Waals surface area contributed by atoms with E-state index in [1.807, 2.05) is 11.8 Å². The summed E-state index contributed by atoms with van der Waals surface area (Å²) in [6.45, 7) is 0.939. The summed E-state index contributed by atoms with van der Waals surface area (Å²) in [7, 11) is 0. The van der Waals surface area contributed by atoms with Crippen molar-refractivity contribution in [1.82, 2.24) is 25.0 Å². The van der Waals surface area contributed by atoms with Crippen LogP contribution in [0.25, 0.3) is 5.65 Å². The molecule has 19 heavy (non-hydrogen) atoms. The van der Waals surface area contributed by atoms with E-state index >= 15 is 0 Å². The van der Waals surface area contributed by atoms with Gasteiger partial charge in [-0.1, -0.05) is 19.3 Å². The highest BCUT2D eigenvalue weighted by Crippen LogP contribution is 2.38. The number of thioether (sulfide) groups is 1. The van der Waals surface area contributed by atoms with Crippen molar-refractivity contribution in [2.45, 2.75) is 36.9 Å². The van der Waals surface area contributed by atoms with Crippen LogP contribution in [0, 0.1) is 0 Å². The summed E-state index contributed by atoms with van der Waals surface area (Å²) in [6, 6.07) is 0. The van der Waals surface area contributed by atoms with E-state index in [1.54, 1.807) is 16.9 Å². The predicted octanol–water partition coefficient (Wildman–Crippen LogP) is 2.00. The minimum absolute atomic E-state index is 0.342. The number of hydrogen-bond donors (Lipinski definition) is 1. The number of nitrogens with one attached hydrogen (secondary N) is 1. The van der Waals surface area contributed by atoms with Crippen molar-refractivity contribution in [1.29, 1.82) is 0 Å². The SMILES string of the molecule is CSC1(CNc2cncc3nnnn23)CCCCC1. The summed E-state index contributed by atoms with van der Waals surface area (Å²) >= 11 is 1.98. The number of aromatic nitrogens is 5. The van der Waals surface area contributed by atoms with Crippen molar-refractivity contribution in [3.05, 3.63) is 12.4 Å². The molecular formula is C12H18N6S. The topological polar surface area (TPSA) is 68.0 Å². The van der Waals surface area contributed by atoms with Crippen LogP contribution in [-0.2, 0) is 0 Å². The molecule has 2 aromatic heterocycles. The number of nitrogens with zero attached hydrogens (tertiary/aromatic N) is 5. The molecule has 3 rings (SSSR count). The Labute approximate surface area is 116 Å². The Hall–Kier alpha value is -1.37. The lowest BCUT2D eigenvalue weighted by atomic mass is 9.88. The molecule has 1 aliphatic carbocycles. The first-order valence-corrected chi connectivity index (χ1v) is 7.87.